The predicted molar refractivity (Wildman–Crippen MR) is 99.7 cm³/mol. The molecule has 0 saturated heterocycles. The standard InChI is InChI=1S/C18H13BrN4O4/c19-14-5-15(25)16(4-13(14)9-24)27-10-11-6-21-18(22-7-11)23-17(26)12-2-1-3-20-8-12/h1-9,25H,10H2,(H,21,22,23,26). The summed E-state index contributed by atoms with van der Waals surface area (Å²) in [5.41, 5.74) is 1.36. The van der Waals surface area contributed by atoms with Crippen LogP contribution in [0.1, 0.15) is 26.3 Å². The summed E-state index contributed by atoms with van der Waals surface area (Å²) < 4.78 is 5.98. The average Bonchev–Trinajstić information content (AvgIpc) is 2.69. The van der Waals surface area contributed by atoms with E-state index < -0.39 is 0 Å². The first-order valence-corrected chi connectivity index (χ1v) is 8.49. The number of nitrogens with zero attached hydrogens (tertiary/aromatic N) is 3. The van der Waals surface area contributed by atoms with Gasteiger partial charge in [0, 0.05) is 40.4 Å². The molecule has 1 aromatic carbocycles. The predicted octanol–water partition coefficient (Wildman–Crippen LogP) is 2.98. The van der Waals surface area contributed by atoms with Gasteiger partial charge in [-0.3, -0.25) is 19.9 Å². The Morgan fingerprint density at radius 3 is 2.70 bits per heavy atom. The van der Waals surface area contributed by atoms with Gasteiger partial charge in [0.25, 0.3) is 5.91 Å². The number of rotatable bonds is 6. The average molecular weight is 429 g/mol. The van der Waals surface area contributed by atoms with E-state index in [-0.39, 0.29) is 30.0 Å². The molecule has 0 radical (unpaired) electrons. The molecule has 8 nitrogen and oxygen atoms in total. The lowest BCUT2D eigenvalue weighted by Gasteiger charge is -2.10. The fourth-order valence-corrected chi connectivity index (χ4v) is 2.52. The number of benzene rings is 1. The number of carbonyl (C=O) groups is 2. The quantitative estimate of drug-likeness (QED) is 0.579. The lowest BCUT2D eigenvalue weighted by atomic mass is 10.2. The van der Waals surface area contributed by atoms with Crippen LogP contribution in [0, 0.1) is 0 Å². The molecule has 0 spiro atoms. The van der Waals surface area contributed by atoms with Gasteiger partial charge in [-0.05, 0) is 40.2 Å². The summed E-state index contributed by atoms with van der Waals surface area (Å²) in [5.74, 6) is -0.168. The molecule has 3 rings (SSSR count). The van der Waals surface area contributed by atoms with Gasteiger partial charge in [-0.2, -0.15) is 0 Å². The minimum absolute atomic E-state index is 0.0737. The van der Waals surface area contributed by atoms with Crippen molar-refractivity contribution in [3.63, 3.8) is 0 Å². The Labute approximate surface area is 162 Å². The van der Waals surface area contributed by atoms with E-state index >= 15 is 0 Å². The van der Waals surface area contributed by atoms with Crippen molar-refractivity contribution in [1.82, 2.24) is 15.0 Å². The Morgan fingerprint density at radius 1 is 1.26 bits per heavy atom. The Kier molecular flexibility index (Phi) is 5.72. The smallest absolute Gasteiger partial charge is 0.259 e. The van der Waals surface area contributed by atoms with Crippen LogP contribution in [0.15, 0.2) is 53.5 Å². The van der Waals surface area contributed by atoms with Gasteiger partial charge < -0.3 is 9.84 Å². The van der Waals surface area contributed by atoms with Crippen molar-refractivity contribution in [3.05, 3.63) is 70.2 Å². The monoisotopic (exact) mass is 428 g/mol. The van der Waals surface area contributed by atoms with E-state index in [0.29, 0.717) is 27.4 Å². The highest BCUT2D eigenvalue weighted by Gasteiger charge is 2.10. The molecule has 136 valence electrons. The number of halogens is 1. The van der Waals surface area contributed by atoms with E-state index in [0.717, 1.165) is 0 Å². The zero-order valence-corrected chi connectivity index (χ0v) is 15.4. The number of aromatic nitrogens is 3. The van der Waals surface area contributed by atoms with Crippen molar-refractivity contribution in [1.29, 1.82) is 0 Å². The van der Waals surface area contributed by atoms with Crippen molar-refractivity contribution < 1.29 is 19.4 Å². The maximum absolute atomic E-state index is 12.0. The molecular weight excluding hydrogens is 416 g/mol. The van der Waals surface area contributed by atoms with Crippen molar-refractivity contribution in [2.24, 2.45) is 0 Å². The van der Waals surface area contributed by atoms with Gasteiger partial charge >= 0.3 is 0 Å². The van der Waals surface area contributed by atoms with Crippen LogP contribution in [0.3, 0.4) is 0 Å². The van der Waals surface area contributed by atoms with Gasteiger partial charge in [0.2, 0.25) is 5.95 Å². The number of carbonyl (C=O) groups excluding carboxylic acids is 2. The summed E-state index contributed by atoms with van der Waals surface area (Å²) in [6.07, 6.45) is 6.64. The van der Waals surface area contributed by atoms with Crippen molar-refractivity contribution in [3.8, 4) is 11.5 Å². The topological polar surface area (TPSA) is 114 Å². The molecule has 2 heterocycles. The first-order chi connectivity index (χ1) is 13.1. The summed E-state index contributed by atoms with van der Waals surface area (Å²) in [6.45, 7) is 0.0737. The number of pyridine rings is 1. The third-order valence-electron chi connectivity index (χ3n) is 3.45. The van der Waals surface area contributed by atoms with Gasteiger partial charge in [0.05, 0.1) is 5.56 Å². The summed E-state index contributed by atoms with van der Waals surface area (Å²) in [5, 5.41) is 12.4. The summed E-state index contributed by atoms with van der Waals surface area (Å²) in [7, 11) is 0. The molecule has 3 aromatic rings. The number of nitrogens with one attached hydrogen (secondary N) is 1. The van der Waals surface area contributed by atoms with Gasteiger partial charge in [-0.15, -0.1) is 0 Å². The van der Waals surface area contributed by atoms with Crippen LogP contribution in [0.2, 0.25) is 0 Å². The zero-order chi connectivity index (χ0) is 19.2. The number of amides is 1. The SMILES string of the molecule is O=Cc1cc(OCc2cnc(NC(=O)c3cccnc3)nc2)c(O)cc1Br. The number of ether oxygens (including phenoxy) is 1. The Bertz CT molecular complexity index is 965. The molecular formula is C18H13BrN4O4. The highest BCUT2D eigenvalue weighted by Crippen LogP contribution is 2.32. The first kappa shape index (κ1) is 18.5. The zero-order valence-electron chi connectivity index (χ0n) is 13.8. The minimum Gasteiger partial charge on any atom is -0.504 e. The Morgan fingerprint density at radius 2 is 2.04 bits per heavy atom. The molecule has 0 bridgehead atoms. The maximum atomic E-state index is 12.0. The number of aldehydes is 1. The third kappa shape index (κ3) is 4.64. The maximum Gasteiger partial charge on any atom is 0.259 e. The molecule has 0 saturated carbocycles. The number of aromatic hydroxyl groups is 1. The van der Waals surface area contributed by atoms with Crippen molar-refractivity contribution >= 4 is 34.1 Å². The summed E-state index contributed by atoms with van der Waals surface area (Å²) >= 11 is 3.18. The van der Waals surface area contributed by atoms with Gasteiger partial charge in [0.15, 0.2) is 17.8 Å². The lowest BCUT2D eigenvalue weighted by molar-refractivity contribution is 0.102. The highest BCUT2D eigenvalue weighted by atomic mass is 79.9. The van der Waals surface area contributed by atoms with E-state index in [4.69, 9.17) is 4.74 Å². The second kappa shape index (κ2) is 8.37. The van der Waals surface area contributed by atoms with E-state index in [2.05, 4.69) is 36.2 Å². The minimum atomic E-state index is -0.367. The fourth-order valence-electron chi connectivity index (χ4n) is 2.09. The molecule has 0 aliphatic heterocycles. The second-order valence-electron chi connectivity index (χ2n) is 5.36. The van der Waals surface area contributed by atoms with Gasteiger partial charge in [-0.1, -0.05) is 0 Å². The largest absolute Gasteiger partial charge is 0.504 e. The van der Waals surface area contributed by atoms with Crippen LogP contribution in [0.4, 0.5) is 5.95 Å². The molecule has 0 unspecified atom stereocenters. The number of anilines is 1. The van der Waals surface area contributed by atoms with E-state index in [1.54, 1.807) is 18.3 Å². The normalized spacial score (nSPS) is 10.3. The van der Waals surface area contributed by atoms with E-state index in [9.17, 15) is 14.7 Å². The fraction of sp³-hybridized carbons (Fsp3) is 0.0556. The highest BCUT2D eigenvalue weighted by molar-refractivity contribution is 9.10. The summed E-state index contributed by atoms with van der Waals surface area (Å²) in [4.78, 5) is 35.0. The van der Waals surface area contributed by atoms with Crippen LogP contribution in [0.25, 0.3) is 0 Å². The Balaban J connectivity index is 1.63. The van der Waals surface area contributed by atoms with Crippen molar-refractivity contribution in [2.45, 2.75) is 6.61 Å². The number of phenols is 1. The van der Waals surface area contributed by atoms with Gasteiger partial charge in [-0.25, -0.2) is 9.97 Å². The van der Waals surface area contributed by atoms with Crippen molar-refractivity contribution in [2.75, 3.05) is 5.32 Å². The number of hydrogen-bond acceptors (Lipinski definition) is 7. The number of phenolic OH excluding ortho intramolecular Hbond substituents is 1. The molecule has 0 fully saturated rings. The Hall–Kier alpha value is -3.33. The lowest BCUT2D eigenvalue weighted by Crippen LogP contribution is -2.14. The van der Waals surface area contributed by atoms with Crippen LogP contribution in [0.5, 0.6) is 11.5 Å². The number of hydrogen-bond donors (Lipinski definition) is 2. The molecule has 2 aromatic heterocycles. The van der Waals surface area contributed by atoms with Crippen LogP contribution >= 0.6 is 15.9 Å². The van der Waals surface area contributed by atoms with Crippen LogP contribution in [-0.4, -0.2) is 32.3 Å². The van der Waals surface area contributed by atoms with Gasteiger partial charge in [0.1, 0.15) is 6.61 Å². The van der Waals surface area contributed by atoms with E-state index in [1.165, 1.54) is 30.7 Å². The van der Waals surface area contributed by atoms with Crippen LogP contribution in [-0.2, 0) is 6.61 Å². The molecule has 9 heteroatoms. The summed E-state index contributed by atoms with van der Waals surface area (Å²) in [6, 6.07) is 6.09. The molecule has 2 N–H and O–H groups in total. The second-order valence-corrected chi connectivity index (χ2v) is 6.21. The molecule has 0 aliphatic carbocycles. The first-order valence-electron chi connectivity index (χ1n) is 7.69. The van der Waals surface area contributed by atoms with E-state index in [1.807, 2.05) is 0 Å². The molecule has 0 aliphatic rings. The molecule has 27 heavy (non-hydrogen) atoms. The molecule has 1 amide bonds. The van der Waals surface area contributed by atoms with Crippen LogP contribution < -0.4 is 10.1 Å². The molecule has 0 atom stereocenters. The third-order valence-corrected chi connectivity index (χ3v) is 4.14.